The minimum Gasteiger partial charge on any atom is -0.481 e. The van der Waals surface area contributed by atoms with E-state index in [4.69, 9.17) is 4.74 Å². The molecule has 0 aliphatic heterocycles. The highest BCUT2D eigenvalue weighted by Crippen LogP contribution is 2.30. The van der Waals surface area contributed by atoms with E-state index in [-0.39, 0.29) is 0 Å². The van der Waals surface area contributed by atoms with Crippen LogP contribution in [0.5, 0.6) is 5.88 Å². The molecule has 2 rings (SSSR count). The Morgan fingerprint density at radius 1 is 1.35 bits per heavy atom. The molecule has 3 heteroatoms. The molecule has 0 atom stereocenters. The summed E-state index contributed by atoms with van der Waals surface area (Å²) in [5.74, 6) is 1.41. The Kier molecular flexibility index (Phi) is 6.06. The minimum absolute atomic E-state index is 0.674. The van der Waals surface area contributed by atoms with E-state index < -0.39 is 0 Å². The molecule has 0 spiro atoms. The Labute approximate surface area is 122 Å². The number of hydrogen-bond donors (Lipinski definition) is 1. The Bertz CT molecular complexity index is 419. The van der Waals surface area contributed by atoms with Crippen LogP contribution in [0, 0.1) is 5.92 Å². The van der Waals surface area contributed by atoms with E-state index in [1.165, 1.54) is 43.2 Å². The lowest BCUT2D eigenvalue weighted by Crippen LogP contribution is -2.22. The normalized spacial score (nSPS) is 17.2. The molecule has 20 heavy (non-hydrogen) atoms. The van der Waals surface area contributed by atoms with E-state index in [2.05, 4.69) is 29.4 Å². The average Bonchev–Trinajstić information content (AvgIpc) is 2.53. The molecule has 0 amide bonds. The van der Waals surface area contributed by atoms with Gasteiger partial charge in [-0.2, -0.15) is 0 Å². The number of nitrogens with zero attached hydrogens (tertiary/aromatic N) is 1. The van der Waals surface area contributed by atoms with Crippen LogP contribution >= 0.6 is 0 Å². The Hall–Kier alpha value is -1.35. The summed E-state index contributed by atoms with van der Waals surface area (Å²) in [6.07, 6.45) is 11.0. The van der Waals surface area contributed by atoms with Crippen molar-refractivity contribution in [2.24, 2.45) is 5.92 Å². The van der Waals surface area contributed by atoms with Crippen LogP contribution in [-0.2, 0) is 0 Å². The lowest BCUT2D eigenvalue weighted by Gasteiger charge is -2.25. The molecule has 1 aromatic heterocycles. The quantitative estimate of drug-likeness (QED) is 0.859. The zero-order chi connectivity index (χ0) is 14.2. The van der Waals surface area contributed by atoms with Crippen LogP contribution in [0.15, 0.2) is 23.9 Å². The van der Waals surface area contributed by atoms with Crippen molar-refractivity contribution in [3.63, 3.8) is 0 Å². The molecule has 1 heterocycles. The van der Waals surface area contributed by atoms with Gasteiger partial charge in [0.15, 0.2) is 0 Å². The van der Waals surface area contributed by atoms with Crippen molar-refractivity contribution in [2.45, 2.75) is 39.0 Å². The molecule has 1 saturated carbocycles. The van der Waals surface area contributed by atoms with E-state index in [0.717, 1.165) is 19.0 Å². The van der Waals surface area contributed by atoms with Crippen LogP contribution in [0.3, 0.4) is 0 Å². The van der Waals surface area contributed by atoms with Gasteiger partial charge in [0.1, 0.15) is 0 Å². The van der Waals surface area contributed by atoms with Gasteiger partial charge in [-0.15, -0.1) is 0 Å². The number of ether oxygens (including phenoxy) is 1. The third-order valence-electron chi connectivity index (χ3n) is 4.03. The summed E-state index contributed by atoms with van der Waals surface area (Å²) in [7, 11) is 1.65. The number of nitrogens with one attached hydrogen (secondary N) is 1. The summed E-state index contributed by atoms with van der Waals surface area (Å²) in [6, 6.07) is 4.01. The smallest absolute Gasteiger partial charge is 0.212 e. The van der Waals surface area contributed by atoms with Gasteiger partial charge in [0.25, 0.3) is 0 Å². The molecule has 0 radical (unpaired) electrons. The van der Waals surface area contributed by atoms with Gasteiger partial charge in [0.2, 0.25) is 5.88 Å². The van der Waals surface area contributed by atoms with E-state index in [0.29, 0.717) is 5.88 Å². The highest BCUT2D eigenvalue weighted by Gasteiger charge is 2.17. The van der Waals surface area contributed by atoms with Gasteiger partial charge in [-0.1, -0.05) is 37.8 Å². The molecule has 1 aliphatic carbocycles. The zero-order valence-electron chi connectivity index (χ0n) is 12.7. The predicted octanol–water partition coefficient (Wildman–Crippen LogP) is 3.66. The molecular formula is C17H26N2O. The van der Waals surface area contributed by atoms with Gasteiger partial charge in [-0.05, 0) is 36.9 Å². The first-order valence-electron chi connectivity index (χ1n) is 7.74. The monoisotopic (exact) mass is 274 g/mol. The number of hydrogen-bond acceptors (Lipinski definition) is 3. The van der Waals surface area contributed by atoms with Gasteiger partial charge in [0.05, 0.1) is 7.11 Å². The van der Waals surface area contributed by atoms with E-state index in [1.54, 1.807) is 7.11 Å². The molecule has 0 saturated heterocycles. The molecule has 1 aliphatic rings. The molecule has 110 valence electrons. The Morgan fingerprint density at radius 3 is 2.75 bits per heavy atom. The highest BCUT2D eigenvalue weighted by atomic mass is 16.5. The van der Waals surface area contributed by atoms with Crippen molar-refractivity contribution in [3.8, 4) is 5.88 Å². The minimum atomic E-state index is 0.674. The third kappa shape index (κ3) is 4.34. The van der Waals surface area contributed by atoms with E-state index in [1.807, 2.05) is 12.3 Å². The second-order valence-electron chi connectivity index (χ2n) is 5.47. The van der Waals surface area contributed by atoms with Crippen LogP contribution in [0.2, 0.25) is 0 Å². The van der Waals surface area contributed by atoms with Gasteiger partial charge < -0.3 is 10.1 Å². The fourth-order valence-corrected chi connectivity index (χ4v) is 2.87. The summed E-state index contributed by atoms with van der Waals surface area (Å²) >= 11 is 0. The van der Waals surface area contributed by atoms with Crippen molar-refractivity contribution in [1.29, 1.82) is 0 Å². The third-order valence-corrected chi connectivity index (χ3v) is 4.03. The lowest BCUT2D eigenvalue weighted by atomic mass is 9.83. The Balaban J connectivity index is 2.12. The number of likely N-dealkylation sites (N-methyl/N-ethyl adjacent to an activating group) is 1. The maximum atomic E-state index is 5.11. The fraction of sp³-hybridized carbons (Fsp3) is 0.588. The predicted molar refractivity (Wildman–Crippen MR) is 83.9 cm³/mol. The molecule has 0 bridgehead atoms. The van der Waals surface area contributed by atoms with Crippen LogP contribution in [0.25, 0.3) is 6.08 Å². The lowest BCUT2D eigenvalue weighted by molar-refractivity contribution is 0.396. The first-order valence-corrected chi connectivity index (χ1v) is 7.74. The first kappa shape index (κ1) is 15.0. The van der Waals surface area contributed by atoms with Crippen LogP contribution < -0.4 is 10.1 Å². The number of pyridine rings is 1. The average molecular weight is 274 g/mol. The summed E-state index contributed by atoms with van der Waals surface area (Å²) in [5.41, 5.74) is 2.70. The van der Waals surface area contributed by atoms with Gasteiger partial charge in [0, 0.05) is 18.8 Å². The largest absolute Gasteiger partial charge is 0.481 e. The molecule has 1 aromatic rings. The standard InChI is InChI=1S/C17H26N2O/c1-3-18-13-16(15-7-5-4-6-8-15)11-14-9-10-17(20-2)19-12-14/h9-12,15,18H,3-8,13H2,1-2H3/b16-11-. The van der Waals surface area contributed by atoms with Crippen molar-refractivity contribution in [1.82, 2.24) is 10.3 Å². The highest BCUT2D eigenvalue weighted by molar-refractivity contribution is 5.53. The van der Waals surface area contributed by atoms with Gasteiger partial charge >= 0.3 is 0 Å². The summed E-state index contributed by atoms with van der Waals surface area (Å²) in [5, 5.41) is 3.48. The van der Waals surface area contributed by atoms with Crippen LogP contribution in [0.4, 0.5) is 0 Å². The summed E-state index contributed by atoms with van der Waals surface area (Å²) in [6.45, 7) is 4.17. The topological polar surface area (TPSA) is 34.1 Å². The molecular weight excluding hydrogens is 248 g/mol. The number of aromatic nitrogens is 1. The Morgan fingerprint density at radius 2 is 2.15 bits per heavy atom. The molecule has 3 nitrogen and oxygen atoms in total. The number of methoxy groups -OCH3 is 1. The maximum absolute atomic E-state index is 5.11. The SMILES string of the molecule is CCNC/C(=C/c1ccc(OC)nc1)C1CCCCC1. The molecule has 0 aromatic carbocycles. The molecule has 1 fully saturated rings. The van der Waals surface area contributed by atoms with Crippen molar-refractivity contribution < 1.29 is 4.74 Å². The first-order chi connectivity index (χ1) is 9.83. The van der Waals surface area contributed by atoms with Gasteiger partial charge in [-0.3, -0.25) is 0 Å². The second kappa shape index (κ2) is 8.05. The van der Waals surface area contributed by atoms with Crippen LogP contribution in [-0.4, -0.2) is 25.2 Å². The fourth-order valence-electron chi connectivity index (χ4n) is 2.87. The molecule has 1 N–H and O–H groups in total. The molecule has 0 unspecified atom stereocenters. The van der Waals surface area contributed by atoms with Crippen LogP contribution in [0.1, 0.15) is 44.6 Å². The maximum Gasteiger partial charge on any atom is 0.212 e. The van der Waals surface area contributed by atoms with Crippen molar-refractivity contribution in [2.75, 3.05) is 20.2 Å². The van der Waals surface area contributed by atoms with E-state index >= 15 is 0 Å². The van der Waals surface area contributed by atoms with Crippen molar-refractivity contribution in [3.05, 3.63) is 29.5 Å². The second-order valence-corrected chi connectivity index (χ2v) is 5.47. The number of rotatable bonds is 6. The summed E-state index contributed by atoms with van der Waals surface area (Å²) in [4.78, 5) is 4.29. The zero-order valence-corrected chi connectivity index (χ0v) is 12.7. The summed E-state index contributed by atoms with van der Waals surface area (Å²) < 4.78 is 5.11. The van der Waals surface area contributed by atoms with Crippen molar-refractivity contribution >= 4 is 6.08 Å². The van der Waals surface area contributed by atoms with E-state index in [9.17, 15) is 0 Å². The van der Waals surface area contributed by atoms with Gasteiger partial charge in [-0.25, -0.2) is 4.98 Å².